The Labute approximate surface area is 433 Å². The Morgan fingerprint density at radius 2 is 1.23 bits per heavy atom. The first-order valence-electron chi connectivity index (χ1n) is 24.8. The molecule has 23 nitrogen and oxygen atoms in total. The van der Waals surface area contributed by atoms with Gasteiger partial charge in [-0.3, -0.25) is 48.1 Å². The Bertz CT molecular complexity index is 2640. The number of ether oxygens (including phenoxy) is 5. The summed E-state index contributed by atoms with van der Waals surface area (Å²) >= 11 is 0. The summed E-state index contributed by atoms with van der Waals surface area (Å²) in [7, 11) is 2.98. The quantitative estimate of drug-likeness (QED) is 0.0460. The Kier molecular flexibility index (Phi) is 20.0. The molecule has 2 aromatic heterocycles. The minimum absolute atomic E-state index is 0.0674. The van der Waals surface area contributed by atoms with E-state index in [-0.39, 0.29) is 125 Å². The van der Waals surface area contributed by atoms with E-state index >= 15 is 0 Å². The number of aliphatic carboxylic acids is 1. The highest BCUT2D eigenvalue weighted by Gasteiger charge is 2.31. The molecule has 402 valence electrons. The monoisotopic (exact) mass is 1040 g/mol. The fourth-order valence-electron chi connectivity index (χ4n) is 8.23. The molecular formula is C52H64N8O15. The molecule has 3 aromatic rings. The number of hydrogen-bond donors (Lipinski definition) is 4. The van der Waals surface area contributed by atoms with Crippen molar-refractivity contribution in [1.29, 1.82) is 0 Å². The smallest absolute Gasteiger partial charge is 0.306 e. The third-order valence-electron chi connectivity index (χ3n) is 12.5. The van der Waals surface area contributed by atoms with Gasteiger partial charge in [0.2, 0.25) is 29.5 Å². The van der Waals surface area contributed by atoms with Crippen molar-refractivity contribution in [3.05, 3.63) is 76.6 Å². The number of imide groups is 1. The molecule has 0 unspecified atom stereocenters. The molecule has 0 saturated carbocycles. The number of anilines is 1. The van der Waals surface area contributed by atoms with E-state index in [0.29, 0.717) is 66.4 Å². The van der Waals surface area contributed by atoms with Crippen molar-refractivity contribution in [3.63, 3.8) is 0 Å². The highest BCUT2D eigenvalue weighted by molar-refractivity contribution is 6.12. The highest BCUT2D eigenvalue weighted by Crippen LogP contribution is 2.34. The molecule has 6 rings (SSSR count). The molecule has 0 bridgehead atoms. The van der Waals surface area contributed by atoms with Gasteiger partial charge in [-0.25, -0.2) is 9.97 Å². The first kappa shape index (κ1) is 56.2. The van der Waals surface area contributed by atoms with Crippen molar-refractivity contribution in [2.75, 3.05) is 39.3 Å². The van der Waals surface area contributed by atoms with Gasteiger partial charge in [-0.15, -0.1) is 0 Å². The van der Waals surface area contributed by atoms with Gasteiger partial charge in [0.15, 0.2) is 11.5 Å². The van der Waals surface area contributed by atoms with Gasteiger partial charge >= 0.3 is 11.9 Å². The number of benzene rings is 1. The molecule has 2 atom stereocenters. The van der Waals surface area contributed by atoms with E-state index in [0.717, 1.165) is 16.0 Å². The van der Waals surface area contributed by atoms with Crippen LogP contribution in [-0.4, -0.2) is 129 Å². The maximum atomic E-state index is 13.2. The van der Waals surface area contributed by atoms with E-state index in [1.165, 1.54) is 33.3 Å². The van der Waals surface area contributed by atoms with Gasteiger partial charge in [0.25, 0.3) is 23.6 Å². The molecule has 3 aliphatic rings. The number of carbonyl (C=O) groups is 9. The van der Waals surface area contributed by atoms with Crippen LogP contribution in [0.2, 0.25) is 0 Å². The van der Waals surface area contributed by atoms with Crippen LogP contribution in [0.4, 0.5) is 5.69 Å². The molecular weight excluding hydrogens is 977 g/mol. The normalized spacial score (nSPS) is 14.2. The van der Waals surface area contributed by atoms with Gasteiger partial charge in [-0.05, 0) is 66.6 Å². The summed E-state index contributed by atoms with van der Waals surface area (Å²) in [6.07, 6.45) is 4.11. The Morgan fingerprint density at radius 3 is 1.76 bits per heavy atom. The standard InChI is InChI=1S/C52H64N8O15/c1-31(2)48(57-41(61)10-7-6-8-21-60-44(64)15-16-45(60)65)50(70)53-32(3)49(69)54-36-13-11-33(12-14-36)30-75-47(68)20-18-43(63)59-27-35-25-40(72-5)52(56-38(35)29-59)74-23-9-22-73-51-39(71-4)24-34-26-58(28-37(34)55-51)42(62)17-19-46(66)67/h11-16,24-25,31-32,48H,6-10,17-23,26-30H2,1-5H3,(H,53,70)(H,54,69)(H,57,61)(H,66,67)/t32-,48-/m0/s1. The number of rotatable bonds is 28. The maximum Gasteiger partial charge on any atom is 0.306 e. The molecule has 75 heavy (non-hydrogen) atoms. The molecule has 0 aliphatic carbocycles. The molecule has 3 aliphatic heterocycles. The lowest BCUT2D eigenvalue weighted by Crippen LogP contribution is -2.53. The number of methoxy groups -OCH3 is 2. The summed E-state index contributed by atoms with van der Waals surface area (Å²) in [5, 5.41) is 17.1. The zero-order chi connectivity index (χ0) is 54.2. The predicted molar refractivity (Wildman–Crippen MR) is 265 cm³/mol. The first-order valence-corrected chi connectivity index (χ1v) is 24.8. The third kappa shape index (κ3) is 15.9. The molecule has 1 aromatic carbocycles. The van der Waals surface area contributed by atoms with Crippen molar-refractivity contribution >= 4 is 59.0 Å². The second kappa shape index (κ2) is 26.7. The number of carboxylic acids is 1. The Balaban J connectivity index is 0.860. The largest absolute Gasteiger partial charge is 0.491 e. The number of nitrogens with one attached hydrogen (secondary N) is 3. The van der Waals surface area contributed by atoms with Crippen molar-refractivity contribution in [3.8, 4) is 23.3 Å². The van der Waals surface area contributed by atoms with Crippen LogP contribution in [0.15, 0.2) is 48.6 Å². The summed E-state index contributed by atoms with van der Waals surface area (Å²) in [5.74, 6) is -3.16. The van der Waals surface area contributed by atoms with Crippen LogP contribution in [0.5, 0.6) is 23.3 Å². The minimum Gasteiger partial charge on any atom is -0.491 e. The highest BCUT2D eigenvalue weighted by atomic mass is 16.5. The van der Waals surface area contributed by atoms with Gasteiger partial charge < -0.3 is 54.5 Å². The van der Waals surface area contributed by atoms with E-state index < -0.39 is 35.8 Å². The lowest BCUT2D eigenvalue weighted by Gasteiger charge is -2.24. The van der Waals surface area contributed by atoms with Crippen LogP contribution >= 0.6 is 0 Å². The number of hydrogen-bond acceptors (Lipinski definition) is 16. The number of pyridine rings is 2. The molecule has 0 radical (unpaired) electrons. The van der Waals surface area contributed by atoms with Gasteiger partial charge in [0, 0.05) is 63.2 Å². The van der Waals surface area contributed by atoms with Crippen molar-refractivity contribution < 1.29 is 71.9 Å². The van der Waals surface area contributed by atoms with E-state index in [1.54, 1.807) is 60.0 Å². The van der Waals surface area contributed by atoms with Crippen LogP contribution < -0.4 is 34.9 Å². The average molecular weight is 1040 g/mol. The number of carbonyl (C=O) groups excluding carboxylic acids is 8. The van der Waals surface area contributed by atoms with Gasteiger partial charge in [0.05, 0.1) is 64.8 Å². The van der Waals surface area contributed by atoms with Gasteiger partial charge in [-0.1, -0.05) is 32.4 Å². The number of esters is 1. The fourth-order valence-corrected chi connectivity index (χ4v) is 8.23. The molecule has 0 fully saturated rings. The van der Waals surface area contributed by atoms with E-state index in [2.05, 4.69) is 25.9 Å². The minimum atomic E-state index is -1.04. The Hall–Kier alpha value is -8.11. The van der Waals surface area contributed by atoms with E-state index in [9.17, 15) is 43.2 Å². The molecule has 4 N–H and O–H groups in total. The number of aromatic nitrogens is 2. The van der Waals surface area contributed by atoms with E-state index in [4.69, 9.17) is 28.8 Å². The molecule has 7 amide bonds. The summed E-state index contributed by atoms with van der Waals surface area (Å²) in [4.78, 5) is 125. The van der Waals surface area contributed by atoms with Crippen LogP contribution in [0.1, 0.15) is 107 Å². The number of unbranched alkanes of at least 4 members (excludes halogenated alkanes) is 2. The summed E-state index contributed by atoms with van der Waals surface area (Å²) < 4.78 is 28.3. The summed E-state index contributed by atoms with van der Waals surface area (Å²) in [5.41, 5.74) is 3.92. The number of amides is 7. The van der Waals surface area contributed by atoms with Crippen LogP contribution in [0.25, 0.3) is 0 Å². The zero-order valence-corrected chi connectivity index (χ0v) is 42.8. The lowest BCUT2D eigenvalue weighted by atomic mass is 10.0. The SMILES string of the molecule is COc1cc2c(nc1OCCCOc1nc3c(cc1OC)CN(C(=O)CCC(=O)OCc1ccc(NC(=O)[C@H](C)NC(=O)[C@@H](NC(=O)CCCCCN4C(=O)C=CC4=O)C(C)C)cc1)C3)CN(C(=O)CCC(=O)O)C2. The third-order valence-corrected chi connectivity index (χ3v) is 12.5. The number of nitrogens with zero attached hydrogens (tertiary/aromatic N) is 5. The van der Waals surface area contributed by atoms with Gasteiger partial charge in [0.1, 0.15) is 18.7 Å². The van der Waals surface area contributed by atoms with Gasteiger partial charge in [-0.2, -0.15) is 0 Å². The van der Waals surface area contributed by atoms with Crippen LogP contribution in [0, 0.1) is 5.92 Å². The summed E-state index contributed by atoms with van der Waals surface area (Å²) in [6.45, 7) is 6.71. The van der Waals surface area contributed by atoms with Crippen LogP contribution in [-0.2, 0) is 80.7 Å². The van der Waals surface area contributed by atoms with Crippen molar-refractivity contribution in [1.82, 2.24) is 35.3 Å². The Morgan fingerprint density at radius 1 is 0.667 bits per heavy atom. The average Bonchev–Trinajstić information content (AvgIpc) is 4.10. The summed E-state index contributed by atoms with van der Waals surface area (Å²) in [6, 6.07) is 8.27. The number of fused-ring (bicyclic) bond motifs is 2. The zero-order valence-electron chi connectivity index (χ0n) is 42.8. The fraction of sp³-hybridized carbons (Fsp3) is 0.481. The molecule has 23 heteroatoms. The molecule has 0 saturated heterocycles. The predicted octanol–water partition coefficient (Wildman–Crippen LogP) is 3.48. The molecule has 0 spiro atoms. The van der Waals surface area contributed by atoms with Crippen molar-refractivity contribution in [2.24, 2.45) is 5.92 Å². The van der Waals surface area contributed by atoms with Crippen LogP contribution in [0.3, 0.4) is 0 Å². The second-order valence-electron chi connectivity index (χ2n) is 18.5. The maximum absolute atomic E-state index is 13.2. The second-order valence-corrected chi connectivity index (χ2v) is 18.5. The lowest BCUT2D eigenvalue weighted by molar-refractivity contribution is -0.147. The topological polar surface area (TPSA) is 292 Å². The number of carboxylic acid groups (broad SMARTS) is 1. The van der Waals surface area contributed by atoms with Crippen molar-refractivity contribution in [2.45, 2.75) is 123 Å². The van der Waals surface area contributed by atoms with E-state index in [1.807, 2.05) is 0 Å². The molecule has 5 heterocycles. The first-order chi connectivity index (χ1) is 35.9.